The lowest BCUT2D eigenvalue weighted by molar-refractivity contribution is -0.136. The van der Waals surface area contributed by atoms with Gasteiger partial charge in [0, 0.05) is 37.7 Å². The number of aromatic nitrogens is 2. The Morgan fingerprint density at radius 3 is 2.71 bits per heavy atom. The lowest BCUT2D eigenvalue weighted by atomic mass is 9.79. The second kappa shape index (κ2) is 8.48. The van der Waals surface area contributed by atoms with Crippen LogP contribution in [0, 0.1) is 6.92 Å². The minimum atomic E-state index is 0.274. The van der Waals surface area contributed by atoms with Crippen molar-refractivity contribution in [1.29, 1.82) is 0 Å². The number of rotatable bonds is 4. The highest BCUT2D eigenvalue weighted by molar-refractivity contribution is 5.76. The van der Waals surface area contributed by atoms with Crippen molar-refractivity contribution in [2.75, 3.05) is 20.1 Å². The molecule has 5 nitrogen and oxygen atoms in total. The second-order valence-electron chi connectivity index (χ2n) is 8.46. The number of aryl methyl sites for hydroxylation is 2. The van der Waals surface area contributed by atoms with Gasteiger partial charge in [0.1, 0.15) is 0 Å². The van der Waals surface area contributed by atoms with Crippen LogP contribution in [0.4, 0.5) is 0 Å². The van der Waals surface area contributed by atoms with Crippen LogP contribution < -0.4 is 0 Å². The highest BCUT2D eigenvalue weighted by atomic mass is 16.2. The van der Waals surface area contributed by atoms with Crippen LogP contribution in [0.5, 0.6) is 0 Å². The molecule has 1 aromatic heterocycles. The highest BCUT2D eigenvalue weighted by Gasteiger charge is 2.43. The molecule has 2 aliphatic rings. The van der Waals surface area contributed by atoms with Crippen molar-refractivity contribution in [2.45, 2.75) is 63.6 Å². The summed E-state index contributed by atoms with van der Waals surface area (Å²) < 4.78 is 1.89. The number of hydrogen-bond donors (Lipinski definition) is 0. The van der Waals surface area contributed by atoms with E-state index in [2.05, 4.69) is 52.3 Å². The summed E-state index contributed by atoms with van der Waals surface area (Å²) in [5.74, 6) is 0.706. The molecule has 1 aromatic carbocycles. The lowest BCUT2D eigenvalue weighted by Gasteiger charge is -2.48. The molecule has 150 valence electrons. The Morgan fingerprint density at radius 1 is 1.14 bits per heavy atom. The van der Waals surface area contributed by atoms with E-state index in [-0.39, 0.29) is 11.9 Å². The van der Waals surface area contributed by atoms with Crippen LogP contribution in [-0.2, 0) is 11.3 Å². The van der Waals surface area contributed by atoms with Gasteiger partial charge in [0.2, 0.25) is 5.91 Å². The second-order valence-corrected chi connectivity index (χ2v) is 8.46. The predicted molar refractivity (Wildman–Crippen MR) is 111 cm³/mol. The van der Waals surface area contributed by atoms with E-state index in [9.17, 15) is 4.79 Å². The van der Waals surface area contributed by atoms with Gasteiger partial charge in [0.05, 0.1) is 12.2 Å². The number of nitrogens with zero attached hydrogens (tertiary/aromatic N) is 4. The SMILES string of the molecule is Cc1cnn(CCC(=O)N2CCCC[C@@H]3[C@H]2[C@@H](c2ccccc2)CCN3C)c1. The van der Waals surface area contributed by atoms with Gasteiger partial charge < -0.3 is 9.80 Å². The highest BCUT2D eigenvalue weighted by Crippen LogP contribution is 2.38. The van der Waals surface area contributed by atoms with Crippen molar-refractivity contribution in [3.8, 4) is 0 Å². The number of carbonyl (C=O) groups excluding carboxylic acids is 1. The van der Waals surface area contributed by atoms with Gasteiger partial charge in [-0.15, -0.1) is 0 Å². The summed E-state index contributed by atoms with van der Waals surface area (Å²) in [6.07, 6.45) is 9.00. The van der Waals surface area contributed by atoms with Gasteiger partial charge >= 0.3 is 0 Å². The largest absolute Gasteiger partial charge is 0.337 e. The number of benzene rings is 1. The van der Waals surface area contributed by atoms with Crippen molar-refractivity contribution < 1.29 is 4.79 Å². The smallest absolute Gasteiger partial charge is 0.224 e. The van der Waals surface area contributed by atoms with Crippen LogP contribution >= 0.6 is 0 Å². The van der Waals surface area contributed by atoms with Crippen molar-refractivity contribution >= 4 is 5.91 Å². The molecule has 2 aromatic rings. The molecule has 2 aliphatic heterocycles. The summed E-state index contributed by atoms with van der Waals surface area (Å²) in [4.78, 5) is 18.1. The minimum absolute atomic E-state index is 0.274. The van der Waals surface area contributed by atoms with Crippen molar-refractivity contribution in [1.82, 2.24) is 19.6 Å². The monoisotopic (exact) mass is 380 g/mol. The molecule has 2 fully saturated rings. The molecule has 0 unspecified atom stereocenters. The summed E-state index contributed by atoms with van der Waals surface area (Å²) in [5, 5.41) is 4.35. The number of likely N-dealkylation sites (N-methyl/N-ethyl adjacent to an activating group) is 1. The molecule has 2 saturated heterocycles. The molecule has 0 radical (unpaired) electrons. The number of likely N-dealkylation sites (tertiary alicyclic amines) is 2. The Hall–Kier alpha value is -2.14. The fraction of sp³-hybridized carbons (Fsp3) is 0.565. The van der Waals surface area contributed by atoms with E-state index < -0.39 is 0 Å². The first kappa shape index (κ1) is 19.2. The van der Waals surface area contributed by atoms with E-state index in [1.165, 1.54) is 18.4 Å². The van der Waals surface area contributed by atoms with E-state index in [1.54, 1.807) is 0 Å². The first-order valence-corrected chi connectivity index (χ1v) is 10.7. The maximum atomic E-state index is 13.3. The summed E-state index contributed by atoms with van der Waals surface area (Å²) in [7, 11) is 2.24. The first-order chi connectivity index (χ1) is 13.6. The van der Waals surface area contributed by atoms with Crippen molar-refractivity contribution in [3.05, 3.63) is 53.9 Å². The normalized spacial score (nSPS) is 25.9. The zero-order valence-corrected chi connectivity index (χ0v) is 17.1. The van der Waals surface area contributed by atoms with Gasteiger partial charge in [-0.3, -0.25) is 9.48 Å². The Morgan fingerprint density at radius 2 is 1.96 bits per heavy atom. The molecular formula is C23H32N4O. The van der Waals surface area contributed by atoms with Gasteiger partial charge in [-0.2, -0.15) is 5.10 Å². The molecule has 1 amide bonds. The minimum Gasteiger partial charge on any atom is -0.337 e. The predicted octanol–water partition coefficient (Wildman–Crippen LogP) is 3.45. The van der Waals surface area contributed by atoms with Crippen LogP contribution in [0.3, 0.4) is 0 Å². The van der Waals surface area contributed by atoms with Crippen LogP contribution in [0.15, 0.2) is 42.7 Å². The Bertz CT molecular complexity index is 787. The van der Waals surface area contributed by atoms with Gasteiger partial charge in [-0.1, -0.05) is 36.8 Å². The van der Waals surface area contributed by atoms with E-state index in [1.807, 2.05) is 24.0 Å². The first-order valence-electron chi connectivity index (χ1n) is 10.7. The molecule has 0 bridgehead atoms. The van der Waals surface area contributed by atoms with Gasteiger partial charge in [-0.25, -0.2) is 0 Å². The maximum Gasteiger partial charge on any atom is 0.224 e. The van der Waals surface area contributed by atoms with Crippen LogP contribution in [-0.4, -0.2) is 57.7 Å². The average molecular weight is 381 g/mol. The number of amides is 1. The molecule has 5 heteroatoms. The van der Waals surface area contributed by atoms with E-state index in [4.69, 9.17) is 0 Å². The summed E-state index contributed by atoms with van der Waals surface area (Å²) in [5.41, 5.74) is 2.52. The van der Waals surface area contributed by atoms with Crippen molar-refractivity contribution in [3.63, 3.8) is 0 Å². The Balaban J connectivity index is 1.57. The number of carbonyl (C=O) groups is 1. The molecule has 0 saturated carbocycles. The average Bonchev–Trinajstić information content (AvgIpc) is 2.99. The fourth-order valence-electron chi connectivity index (χ4n) is 5.11. The van der Waals surface area contributed by atoms with Crippen LogP contribution in [0.1, 0.15) is 49.1 Å². The maximum absolute atomic E-state index is 13.3. The molecule has 3 atom stereocenters. The Kier molecular flexibility index (Phi) is 5.81. The zero-order valence-electron chi connectivity index (χ0n) is 17.1. The van der Waals surface area contributed by atoms with E-state index >= 15 is 0 Å². The van der Waals surface area contributed by atoms with Gasteiger partial charge in [0.25, 0.3) is 0 Å². The molecule has 3 heterocycles. The van der Waals surface area contributed by atoms with Gasteiger partial charge in [-0.05, 0) is 50.9 Å². The van der Waals surface area contributed by atoms with Crippen molar-refractivity contribution in [2.24, 2.45) is 0 Å². The standard InChI is InChI=1S/C23H32N4O/c1-18-16-24-26(17-18)15-12-22(28)27-13-7-6-10-21-23(27)20(11-14-25(21)2)19-8-4-3-5-9-19/h3-5,8-9,16-17,20-21,23H,6-7,10-15H2,1-2H3/t20-,21-,23-/m1/s1. The van der Waals surface area contributed by atoms with Gasteiger partial charge in [0.15, 0.2) is 0 Å². The Labute approximate surface area is 168 Å². The van der Waals surface area contributed by atoms with Crippen LogP contribution in [0.25, 0.3) is 0 Å². The zero-order chi connectivity index (χ0) is 19.5. The number of hydrogen-bond acceptors (Lipinski definition) is 3. The summed E-state index contributed by atoms with van der Waals surface area (Å²) in [6, 6.07) is 11.6. The number of piperidine rings is 1. The fourth-order valence-corrected chi connectivity index (χ4v) is 5.11. The third kappa shape index (κ3) is 4.00. The molecular weight excluding hydrogens is 348 g/mol. The summed E-state index contributed by atoms with van der Waals surface area (Å²) in [6.45, 7) is 4.68. The van der Waals surface area contributed by atoms with E-state index in [0.717, 1.165) is 31.5 Å². The molecule has 28 heavy (non-hydrogen) atoms. The number of fused-ring (bicyclic) bond motifs is 1. The lowest BCUT2D eigenvalue weighted by Crippen LogP contribution is -2.58. The molecule has 0 aliphatic carbocycles. The van der Waals surface area contributed by atoms with Crippen LogP contribution in [0.2, 0.25) is 0 Å². The topological polar surface area (TPSA) is 41.4 Å². The third-order valence-electron chi connectivity index (χ3n) is 6.54. The molecule has 4 rings (SSSR count). The molecule has 0 spiro atoms. The quantitative estimate of drug-likeness (QED) is 0.816. The third-order valence-corrected chi connectivity index (χ3v) is 6.54. The van der Waals surface area contributed by atoms with E-state index in [0.29, 0.717) is 24.9 Å². The molecule has 0 N–H and O–H groups in total. The summed E-state index contributed by atoms with van der Waals surface area (Å²) >= 11 is 0.